The minimum absolute atomic E-state index is 0.0158. The number of rotatable bonds is 4. The first-order chi connectivity index (χ1) is 8.83. The van der Waals surface area contributed by atoms with Crippen molar-refractivity contribution in [3.63, 3.8) is 0 Å². The van der Waals surface area contributed by atoms with E-state index in [1.165, 1.54) is 24.3 Å². The van der Waals surface area contributed by atoms with Crippen molar-refractivity contribution in [2.24, 2.45) is 0 Å². The van der Waals surface area contributed by atoms with Gasteiger partial charge in [-0.3, -0.25) is 4.72 Å². The molecule has 0 fully saturated rings. The standard InChI is InChI=1S/C11H14N2O4S2/c1-6-8(3)18-11(12-6)13-19(15,16)10-4-9(5-14)17-7(10)2/h4,14H,5H2,1-3H3,(H,12,13). The summed E-state index contributed by atoms with van der Waals surface area (Å²) in [6, 6.07) is 1.31. The van der Waals surface area contributed by atoms with E-state index in [2.05, 4.69) is 9.71 Å². The zero-order chi connectivity index (χ0) is 14.2. The molecule has 2 aromatic rings. The molecule has 0 bridgehead atoms. The van der Waals surface area contributed by atoms with Crippen LogP contribution in [-0.2, 0) is 16.6 Å². The highest BCUT2D eigenvalue weighted by Gasteiger charge is 2.22. The first-order valence-electron chi connectivity index (χ1n) is 5.50. The predicted molar refractivity (Wildman–Crippen MR) is 71.8 cm³/mol. The number of anilines is 1. The molecule has 2 rings (SSSR count). The van der Waals surface area contributed by atoms with E-state index in [4.69, 9.17) is 9.52 Å². The molecule has 0 unspecified atom stereocenters. The van der Waals surface area contributed by atoms with Gasteiger partial charge in [0.15, 0.2) is 5.13 Å². The second-order valence-corrected chi connectivity index (χ2v) is 6.91. The molecule has 19 heavy (non-hydrogen) atoms. The summed E-state index contributed by atoms with van der Waals surface area (Å²) in [5.74, 6) is 0.450. The Bertz CT molecular complexity index is 681. The number of aryl methyl sites for hydroxylation is 3. The molecule has 0 radical (unpaired) electrons. The number of aliphatic hydroxyl groups excluding tert-OH is 1. The zero-order valence-electron chi connectivity index (χ0n) is 10.7. The van der Waals surface area contributed by atoms with Crippen molar-refractivity contribution in [3.05, 3.63) is 28.2 Å². The lowest BCUT2D eigenvalue weighted by molar-refractivity contribution is 0.245. The second-order valence-electron chi connectivity index (χ2n) is 4.06. The molecule has 0 atom stereocenters. The molecular weight excluding hydrogens is 288 g/mol. The summed E-state index contributed by atoms with van der Waals surface area (Å²) in [6.45, 7) is 4.88. The van der Waals surface area contributed by atoms with Gasteiger partial charge in [-0.25, -0.2) is 13.4 Å². The van der Waals surface area contributed by atoms with Crippen molar-refractivity contribution < 1.29 is 17.9 Å². The third-order valence-corrected chi connectivity index (χ3v) is 5.18. The van der Waals surface area contributed by atoms with Gasteiger partial charge in [0, 0.05) is 10.9 Å². The Morgan fingerprint density at radius 1 is 1.42 bits per heavy atom. The first kappa shape index (κ1) is 14.0. The largest absolute Gasteiger partial charge is 0.462 e. The Morgan fingerprint density at radius 2 is 2.11 bits per heavy atom. The second kappa shape index (κ2) is 4.95. The van der Waals surface area contributed by atoms with E-state index >= 15 is 0 Å². The number of nitrogens with one attached hydrogen (secondary N) is 1. The van der Waals surface area contributed by atoms with Crippen molar-refractivity contribution in [2.45, 2.75) is 32.3 Å². The number of aromatic nitrogens is 1. The predicted octanol–water partition coefficient (Wildman–Crippen LogP) is 1.95. The molecule has 0 saturated carbocycles. The number of hydrogen-bond acceptors (Lipinski definition) is 6. The third kappa shape index (κ3) is 2.80. The van der Waals surface area contributed by atoms with Gasteiger partial charge in [-0.2, -0.15) is 0 Å². The maximum absolute atomic E-state index is 12.2. The molecule has 2 aromatic heterocycles. The van der Waals surface area contributed by atoms with Crippen molar-refractivity contribution in [1.82, 2.24) is 4.98 Å². The average molecular weight is 302 g/mol. The van der Waals surface area contributed by atoms with Crippen LogP contribution in [0.1, 0.15) is 22.1 Å². The highest BCUT2D eigenvalue weighted by molar-refractivity contribution is 7.93. The Balaban J connectivity index is 2.34. The minimum atomic E-state index is -3.74. The quantitative estimate of drug-likeness (QED) is 0.900. The van der Waals surface area contributed by atoms with Crippen molar-refractivity contribution in [1.29, 1.82) is 0 Å². The van der Waals surface area contributed by atoms with Gasteiger partial charge < -0.3 is 9.52 Å². The van der Waals surface area contributed by atoms with E-state index in [1.807, 2.05) is 13.8 Å². The molecule has 0 amide bonds. The molecule has 2 N–H and O–H groups in total. The van der Waals surface area contributed by atoms with Gasteiger partial charge in [0.2, 0.25) is 0 Å². The lowest BCUT2D eigenvalue weighted by Crippen LogP contribution is -2.13. The topological polar surface area (TPSA) is 92.4 Å². The number of aliphatic hydroxyl groups is 1. The lowest BCUT2D eigenvalue weighted by atomic mass is 10.4. The van der Waals surface area contributed by atoms with Gasteiger partial charge in [0.25, 0.3) is 10.0 Å². The Kier molecular flexibility index (Phi) is 3.66. The number of nitrogens with zero attached hydrogens (tertiary/aromatic N) is 1. The van der Waals surface area contributed by atoms with Crippen LogP contribution in [0, 0.1) is 20.8 Å². The summed E-state index contributed by atoms with van der Waals surface area (Å²) >= 11 is 1.27. The fourth-order valence-electron chi connectivity index (χ4n) is 1.56. The molecular formula is C11H14N2O4S2. The van der Waals surface area contributed by atoms with E-state index < -0.39 is 10.0 Å². The van der Waals surface area contributed by atoms with Gasteiger partial charge in [-0.05, 0) is 20.8 Å². The van der Waals surface area contributed by atoms with Crippen LogP contribution < -0.4 is 4.72 Å². The van der Waals surface area contributed by atoms with E-state index in [-0.39, 0.29) is 23.0 Å². The monoisotopic (exact) mass is 302 g/mol. The summed E-state index contributed by atoms with van der Waals surface area (Å²) in [5, 5.41) is 9.27. The Morgan fingerprint density at radius 3 is 2.58 bits per heavy atom. The Labute approximate surface area is 115 Å². The number of hydrogen-bond donors (Lipinski definition) is 2. The molecule has 104 valence electrons. The summed E-state index contributed by atoms with van der Waals surface area (Å²) < 4.78 is 31.9. The lowest BCUT2D eigenvalue weighted by Gasteiger charge is -2.02. The highest BCUT2D eigenvalue weighted by Crippen LogP contribution is 2.26. The van der Waals surface area contributed by atoms with Crippen molar-refractivity contribution in [3.8, 4) is 0 Å². The fourth-order valence-corrected chi connectivity index (χ4v) is 3.81. The van der Waals surface area contributed by atoms with E-state index in [0.29, 0.717) is 5.13 Å². The normalized spacial score (nSPS) is 11.8. The zero-order valence-corrected chi connectivity index (χ0v) is 12.4. The molecule has 0 aromatic carbocycles. The molecule has 0 aliphatic carbocycles. The SMILES string of the molecule is Cc1nc(NS(=O)(=O)c2cc(CO)oc2C)sc1C. The van der Waals surface area contributed by atoms with Crippen LogP contribution in [0.2, 0.25) is 0 Å². The van der Waals surface area contributed by atoms with Crippen LogP contribution in [0.4, 0.5) is 5.13 Å². The molecule has 0 spiro atoms. The van der Waals surface area contributed by atoms with Crippen molar-refractivity contribution >= 4 is 26.5 Å². The first-order valence-corrected chi connectivity index (χ1v) is 7.80. The van der Waals surface area contributed by atoms with E-state index in [1.54, 1.807) is 0 Å². The molecule has 2 heterocycles. The number of sulfonamides is 1. The smallest absolute Gasteiger partial charge is 0.267 e. The summed E-state index contributed by atoms with van der Waals surface area (Å²) in [7, 11) is -3.74. The highest BCUT2D eigenvalue weighted by atomic mass is 32.2. The Hall–Kier alpha value is -1.38. The van der Waals surface area contributed by atoms with Crippen LogP contribution in [0.3, 0.4) is 0 Å². The summed E-state index contributed by atoms with van der Waals surface area (Å²) in [5.41, 5.74) is 0.794. The molecule has 6 nitrogen and oxygen atoms in total. The fraction of sp³-hybridized carbons (Fsp3) is 0.364. The van der Waals surface area contributed by atoms with Crippen LogP contribution in [0.5, 0.6) is 0 Å². The maximum Gasteiger partial charge on any atom is 0.267 e. The number of furan rings is 1. The minimum Gasteiger partial charge on any atom is -0.462 e. The third-order valence-electron chi connectivity index (χ3n) is 2.62. The average Bonchev–Trinajstić information content (AvgIpc) is 2.83. The molecule has 8 heteroatoms. The summed E-state index contributed by atoms with van der Waals surface area (Å²) in [6.07, 6.45) is 0. The molecule has 0 saturated heterocycles. The summed E-state index contributed by atoms with van der Waals surface area (Å²) in [4.78, 5) is 5.10. The van der Waals surface area contributed by atoms with Gasteiger partial charge >= 0.3 is 0 Å². The van der Waals surface area contributed by atoms with E-state index in [0.717, 1.165) is 10.6 Å². The molecule has 0 aliphatic heterocycles. The van der Waals surface area contributed by atoms with Gasteiger partial charge in [-0.15, -0.1) is 11.3 Å². The van der Waals surface area contributed by atoms with Crippen LogP contribution in [-0.4, -0.2) is 18.5 Å². The van der Waals surface area contributed by atoms with Gasteiger partial charge in [0.05, 0.1) is 5.69 Å². The van der Waals surface area contributed by atoms with Gasteiger partial charge in [-0.1, -0.05) is 0 Å². The maximum atomic E-state index is 12.2. The van der Waals surface area contributed by atoms with Crippen molar-refractivity contribution in [2.75, 3.05) is 4.72 Å². The van der Waals surface area contributed by atoms with Crippen LogP contribution in [0.25, 0.3) is 0 Å². The van der Waals surface area contributed by atoms with E-state index in [9.17, 15) is 8.42 Å². The van der Waals surface area contributed by atoms with Crippen LogP contribution in [0.15, 0.2) is 15.4 Å². The molecule has 0 aliphatic rings. The van der Waals surface area contributed by atoms with Gasteiger partial charge in [0.1, 0.15) is 23.0 Å². The number of thiazole rings is 1. The van der Waals surface area contributed by atoms with Crippen LogP contribution >= 0.6 is 11.3 Å².